The van der Waals surface area contributed by atoms with Crippen molar-refractivity contribution in [2.24, 2.45) is 0 Å². The molecule has 0 bridgehead atoms. The van der Waals surface area contributed by atoms with Gasteiger partial charge in [0.25, 0.3) is 0 Å². The van der Waals surface area contributed by atoms with Crippen molar-refractivity contribution in [3.63, 3.8) is 0 Å². The molecule has 1 aromatic carbocycles. The molecule has 1 fully saturated rings. The Morgan fingerprint density at radius 2 is 2.05 bits per heavy atom. The lowest BCUT2D eigenvalue weighted by Gasteiger charge is -2.26. The minimum Gasteiger partial charge on any atom is -0.348 e. The summed E-state index contributed by atoms with van der Waals surface area (Å²) >= 11 is 5.39. The molecule has 6 heteroatoms. The average molecular weight is 341 g/mol. The van der Waals surface area contributed by atoms with Gasteiger partial charge in [-0.15, -0.1) is 0 Å². The minimum atomic E-state index is -2.89. The number of hydrogen-bond acceptors (Lipinski definition) is 3. The number of nitrogens with one attached hydrogen (secondary N) is 1. The number of thiocarbonyl (C=S) groups is 1. The van der Waals surface area contributed by atoms with Gasteiger partial charge in [0, 0.05) is 18.8 Å². The first kappa shape index (κ1) is 17.2. The van der Waals surface area contributed by atoms with E-state index in [4.69, 9.17) is 12.2 Å². The normalized spacial score (nSPS) is 19.8. The maximum absolute atomic E-state index is 11.6. The van der Waals surface area contributed by atoms with Gasteiger partial charge in [0.1, 0.15) is 0 Å². The van der Waals surface area contributed by atoms with Crippen LogP contribution in [0.15, 0.2) is 24.3 Å². The van der Waals surface area contributed by atoms with Gasteiger partial charge in [-0.05, 0) is 49.2 Å². The number of aryl methyl sites for hydroxylation is 1. The summed E-state index contributed by atoms with van der Waals surface area (Å²) in [4.78, 5) is 1.87. The summed E-state index contributed by atoms with van der Waals surface area (Å²) in [5.41, 5.74) is 2.27. The highest BCUT2D eigenvalue weighted by Gasteiger charge is 2.31. The molecule has 1 aliphatic heterocycles. The van der Waals surface area contributed by atoms with Crippen molar-refractivity contribution in [1.29, 1.82) is 0 Å². The van der Waals surface area contributed by atoms with E-state index >= 15 is 0 Å². The second kappa shape index (κ2) is 7.42. The summed E-state index contributed by atoms with van der Waals surface area (Å²) in [7, 11) is -1.03. The van der Waals surface area contributed by atoms with E-state index in [2.05, 4.69) is 24.4 Å². The van der Waals surface area contributed by atoms with Crippen molar-refractivity contribution in [2.75, 3.05) is 23.9 Å². The Morgan fingerprint density at radius 1 is 1.36 bits per heavy atom. The molecule has 1 N–H and O–H groups in total. The van der Waals surface area contributed by atoms with Crippen LogP contribution in [0.2, 0.25) is 0 Å². The molecule has 122 valence electrons. The summed E-state index contributed by atoms with van der Waals surface area (Å²) < 4.78 is 23.1. The van der Waals surface area contributed by atoms with Crippen molar-refractivity contribution in [3.8, 4) is 0 Å². The van der Waals surface area contributed by atoms with Gasteiger partial charge in [-0.3, -0.25) is 0 Å². The monoisotopic (exact) mass is 340 g/mol. The van der Waals surface area contributed by atoms with Crippen LogP contribution < -0.4 is 5.32 Å². The summed E-state index contributed by atoms with van der Waals surface area (Å²) in [5.74, 6) is 0.456. The highest BCUT2D eigenvalue weighted by molar-refractivity contribution is 7.91. The number of rotatable bonds is 5. The molecule has 22 heavy (non-hydrogen) atoms. The fraction of sp³-hybridized carbons (Fsp3) is 0.562. The fourth-order valence-corrected chi connectivity index (χ4v) is 4.64. The lowest BCUT2D eigenvalue weighted by molar-refractivity contribution is 0.402. The van der Waals surface area contributed by atoms with Gasteiger partial charge in [-0.1, -0.05) is 25.5 Å². The number of anilines is 1. The Kier molecular flexibility index (Phi) is 5.81. The number of hydrogen-bond donors (Lipinski definition) is 1. The molecule has 1 aromatic rings. The predicted octanol–water partition coefficient (Wildman–Crippen LogP) is 2.84. The third-order valence-electron chi connectivity index (χ3n) is 4.10. The van der Waals surface area contributed by atoms with Crippen molar-refractivity contribution in [2.45, 2.75) is 38.6 Å². The molecule has 1 atom stereocenters. The molecular formula is C16H24N2O2S2. The molecule has 0 aliphatic carbocycles. The molecule has 1 aliphatic rings. The molecule has 0 aromatic heterocycles. The molecule has 1 saturated heterocycles. The predicted molar refractivity (Wildman–Crippen MR) is 96.1 cm³/mol. The third-order valence-corrected chi connectivity index (χ3v) is 6.24. The van der Waals surface area contributed by atoms with E-state index < -0.39 is 9.84 Å². The standard InChI is InChI=1S/C16H24N2O2S2/c1-3-4-5-13-6-8-14(9-7-13)17-16(21)18(2)15-10-11-22(19,20)12-15/h6-9,15H,3-5,10-12H2,1-2H3,(H,17,21)/t15-/m0/s1. The third kappa shape index (κ3) is 4.68. The quantitative estimate of drug-likeness (QED) is 0.835. The Morgan fingerprint density at radius 3 is 2.59 bits per heavy atom. The Balaban J connectivity index is 1.91. The van der Waals surface area contributed by atoms with Crippen LogP contribution in [-0.2, 0) is 16.3 Å². The first-order chi connectivity index (χ1) is 10.4. The van der Waals surface area contributed by atoms with Crippen LogP contribution >= 0.6 is 12.2 Å². The highest BCUT2D eigenvalue weighted by Crippen LogP contribution is 2.18. The smallest absolute Gasteiger partial charge is 0.173 e. The average Bonchev–Trinajstić information content (AvgIpc) is 2.86. The van der Waals surface area contributed by atoms with Crippen LogP contribution in [0, 0.1) is 0 Å². The highest BCUT2D eigenvalue weighted by atomic mass is 32.2. The molecular weight excluding hydrogens is 316 g/mol. The molecule has 1 heterocycles. The second-order valence-corrected chi connectivity index (χ2v) is 8.51. The van der Waals surface area contributed by atoms with Crippen LogP contribution in [0.4, 0.5) is 5.69 Å². The Labute approximate surface area is 138 Å². The van der Waals surface area contributed by atoms with Crippen LogP contribution in [0.1, 0.15) is 31.7 Å². The fourth-order valence-electron chi connectivity index (χ4n) is 2.59. The van der Waals surface area contributed by atoms with Gasteiger partial charge in [-0.2, -0.15) is 0 Å². The van der Waals surface area contributed by atoms with Gasteiger partial charge < -0.3 is 10.2 Å². The number of unbranched alkanes of at least 4 members (excludes halogenated alkanes) is 1. The van der Waals surface area contributed by atoms with Gasteiger partial charge >= 0.3 is 0 Å². The Bertz CT molecular complexity index is 612. The van der Waals surface area contributed by atoms with Gasteiger partial charge in [0.2, 0.25) is 0 Å². The summed E-state index contributed by atoms with van der Waals surface area (Å²) in [6, 6.07) is 8.25. The lowest BCUT2D eigenvalue weighted by Crippen LogP contribution is -2.40. The topological polar surface area (TPSA) is 49.4 Å². The largest absolute Gasteiger partial charge is 0.348 e. The van der Waals surface area contributed by atoms with E-state index in [0.717, 1.165) is 12.1 Å². The zero-order chi connectivity index (χ0) is 16.2. The minimum absolute atomic E-state index is 0.0196. The first-order valence-corrected chi connectivity index (χ1v) is 9.97. The molecule has 0 radical (unpaired) electrons. The zero-order valence-electron chi connectivity index (χ0n) is 13.2. The van der Waals surface area contributed by atoms with E-state index in [1.54, 1.807) is 0 Å². The van der Waals surface area contributed by atoms with Crippen LogP contribution in [0.3, 0.4) is 0 Å². The van der Waals surface area contributed by atoms with Crippen LogP contribution in [0.25, 0.3) is 0 Å². The molecule has 0 unspecified atom stereocenters. The summed E-state index contributed by atoms with van der Waals surface area (Å²) in [5, 5.41) is 3.76. The molecule has 2 rings (SSSR count). The first-order valence-electron chi connectivity index (χ1n) is 7.74. The van der Waals surface area contributed by atoms with Crippen LogP contribution in [0.5, 0.6) is 0 Å². The van der Waals surface area contributed by atoms with Crippen LogP contribution in [-0.4, -0.2) is 43.0 Å². The summed E-state index contributed by atoms with van der Waals surface area (Å²) in [6.07, 6.45) is 4.14. The zero-order valence-corrected chi connectivity index (χ0v) is 14.8. The lowest BCUT2D eigenvalue weighted by atomic mass is 10.1. The molecule has 0 spiro atoms. The van der Waals surface area contributed by atoms with Gasteiger partial charge in [-0.25, -0.2) is 8.42 Å². The second-order valence-electron chi connectivity index (χ2n) is 5.90. The maximum Gasteiger partial charge on any atom is 0.173 e. The van der Waals surface area contributed by atoms with Gasteiger partial charge in [0.05, 0.1) is 11.5 Å². The van der Waals surface area contributed by atoms with Crippen molar-refractivity contribution >= 4 is 32.9 Å². The molecule has 0 amide bonds. The van der Waals surface area contributed by atoms with E-state index in [9.17, 15) is 8.42 Å². The van der Waals surface area contributed by atoms with E-state index in [1.165, 1.54) is 18.4 Å². The van der Waals surface area contributed by atoms with E-state index in [1.807, 2.05) is 24.1 Å². The SMILES string of the molecule is CCCCc1ccc(NC(=S)N(C)[C@H]2CCS(=O)(=O)C2)cc1. The Hall–Kier alpha value is -1.14. The van der Waals surface area contributed by atoms with Gasteiger partial charge in [0.15, 0.2) is 14.9 Å². The van der Waals surface area contributed by atoms with E-state index in [0.29, 0.717) is 11.5 Å². The van der Waals surface area contributed by atoms with Crippen molar-refractivity contribution in [1.82, 2.24) is 4.90 Å². The number of benzene rings is 1. The van der Waals surface area contributed by atoms with Crippen molar-refractivity contribution < 1.29 is 8.42 Å². The summed E-state index contributed by atoms with van der Waals surface area (Å²) in [6.45, 7) is 2.19. The molecule has 4 nitrogen and oxygen atoms in total. The maximum atomic E-state index is 11.6. The number of sulfone groups is 1. The molecule has 0 saturated carbocycles. The number of nitrogens with zero attached hydrogens (tertiary/aromatic N) is 1. The van der Waals surface area contributed by atoms with E-state index in [-0.39, 0.29) is 17.5 Å². The van der Waals surface area contributed by atoms with Crippen molar-refractivity contribution in [3.05, 3.63) is 29.8 Å².